The van der Waals surface area contributed by atoms with Crippen LogP contribution in [0.4, 0.5) is 4.39 Å². The second-order valence-corrected chi connectivity index (χ2v) is 5.04. The minimum atomic E-state index is -0.272. The Morgan fingerprint density at radius 3 is 2.63 bits per heavy atom. The van der Waals surface area contributed by atoms with Crippen LogP contribution in [0.15, 0.2) is 42.5 Å². The lowest BCUT2D eigenvalue weighted by Gasteiger charge is -2.30. The molecular formula is C16H16FNO. The molecule has 2 N–H and O–H groups in total. The molecule has 1 unspecified atom stereocenters. The second kappa shape index (κ2) is 4.67. The van der Waals surface area contributed by atoms with Crippen LogP contribution in [-0.4, -0.2) is 0 Å². The fraction of sp³-hybridized carbons (Fsp3) is 0.250. The van der Waals surface area contributed by atoms with Crippen molar-refractivity contribution in [2.24, 2.45) is 5.73 Å². The highest BCUT2D eigenvalue weighted by Crippen LogP contribution is 2.39. The third kappa shape index (κ3) is 2.34. The van der Waals surface area contributed by atoms with E-state index in [1.54, 1.807) is 6.07 Å². The maximum Gasteiger partial charge on any atom is 0.126 e. The minimum absolute atomic E-state index is 0.0615. The Morgan fingerprint density at radius 2 is 1.89 bits per heavy atom. The molecule has 0 bridgehead atoms. The predicted molar refractivity (Wildman–Crippen MR) is 72.5 cm³/mol. The number of halogens is 1. The molecule has 1 aliphatic rings. The summed E-state index contributed by atoms with van der Waals surface area (Å²) in [5.74, 6) is 0.414. The summed E-state index contributed by atoms with van der Waals surface area (Å²) in [6.07, 6.45) is 0.605. The zero-order valence-corrected chi connectivity index (χ0v) is 10.8. The van der Waals surface area contributed by atoms with Crippen LogP contribution in [0.5, 0.6) is 5.75 Å². The van der Waals surface area contributed by atoms with Crippen molar-refractivity contribution in [3.05, 3.63) is 65.0 Å². The number of aryl methyl sites for hydroxylation is 1. The van der Waals surface area contributed by atoms with Crippen molar-refractivity contribution in [3.63, 3.8) is 0 Å². The summed E-state index contributed by atoms with van der Waals surface area (Å²) >= 11 is 0. The van der Waals surface area contributed by atoms with Gasteiger partial charge in [0.15, 0.2) is 0 Å². The van der Waals surface area contributed by atoms with Gasteiger partial charge in [-0.15, -0.1) is 0 Å². The first-order chi connectivity index (χ1) is 9.13. The zero-order valence-electron chi connectivity index (χ0n) is 10.8. The molecule has 2 aromatic carbocycles. The number of rotatable bonds is 1. The zero-order chi connectivity index (χ0) is 13.4. The van der Waals surface area contributed by atoms with Crippen molar-refractivity contribution in [3.8, 4) is 5.75 Å². The van der Waals surface area contributed by atoms with E-state index in [1.807, 2.05) is 0 Å². The average molecular weight is 257 g/mol. The van der Waals surface area contributed by atoms with Crippen molar-refractivity contribution < 1.29 is 9.13 Å². The van der Waals surface area contributed by atoms with Crippen molar-refractivity contribution in [1.29, 1.82) is 0 Å². The van der Waals surface area contributed by atoms with Crippen LogP contribution < -0.4 is 10.5 Å². The number of nitrogens with two attached hydrogens (primary N) is 1. The normalized spacial score (nSPS) is 21.6. The van der Waals surface area contributed by atoms with E-state index in [0.717, 1.165) is 11.1 Å². The molecule has 0 saturated heterocycles. The molecule has 3 rings (SSSR count). The third-order valence-electron chi connectivity index (χ3n) is 3.56. The standard InChI is InChI=1S/C16H16FNO/c1-10-2-4-11(5-3-10)16-9-14(18)13-8-12(17)6-7-15(13)19-16/h2-8,14,16H,9,18H2,1H3/t14-,16?/m1/s1. The van der Waals surface area contributed by atoms with Crippen LogP contribution in [0.1, 0.15) is 35.3 Å². The Bertz CT molecular complexity index is 594. The van der Waals surface area contributed by atoms with Gasteiger partial charge in [0.2, 0.25) is 0 Å². The Kier molecular flexibility index (Phi) is 2.99. The summed E-state index contributed by atoms with van der Waals surface area (Å²) in [6.45, 7) is 2.05. The van der Waals surface area contributed by atoms with E-state index in [9.17, 15) is 4.39 Å². The van der Waals surface area contributed by atoms with Crippen molar-refractivity contribution >= 4 is 0 Å². The maximum absolute atomic E-state index is 13.2. The lowest BCUT2D eigenvalue weighted by Crippen LogP contribution is -2.24. The number of benzene rings is 2. The fourth-order valence-corrected chi connectivity index (χ4v) is 2.46. The molecule has 2 aromatic rings. The molecule has 3 heteroatoms. The van der Waals surface area contributed by atoms with E-state index in [4.69, 9.17) is 10.5 Å². The Labute approximate surface area is 112 Å². The Balaban J connectivity index is 1.92. The van der Waals surface area contributed by atoms with Gasteiger partial charge in [0, 0.05) is 18.0 Å². The predicted octanol–water partition coefficient (Wildman–Crippen LogP) is 3.66. The molecule has 0 spiro atoms. The van der Waals surface area contributed by atoms with E-state index >= 15 is 0 Å². The lowest BCUT2D eigenvalue weighted by molar-refractivity contribution is 0.161. The van der Waals surface area contributed by atoms with Crippen molar-refractivity contribution in [1.82, 2.24) is 0 Å². The van der Waals surface area contributed by atoms with Gasteiger partial charge in [-0.05, 0) is 30.7 Å². The quantitative estimate of drug-likeness (QED) is 0.846. The third-order valence-corrected chi connectivity index (χ3v) is 3.56. The van der Waals surface area contributed by atoms with Crippen molar-refractivity contribution in [2.45, 2.75) is 25.5 Å². The molecule has 0 saturated carbocycles. The summed E-state index contributed by atoms with van der Waals surface area (Å²) in [6, 6.07) is 12.6. The summed E-state index contributed by atoms with van der Waals surface area (Å²) in [4.78, 5) is 0. The summed E-state index contributed by atoms with van der Waals surface area (Å²) in [7, 11) is 0. The van der Waals surface area contributed by atoms with Gasteiger partial charge < -0.3 is 10.5 Å². The Morgan fingerprint density at radius 1 is 1.16 bits per heavy atom. The number of fused-ring (bicyclic) bond motifs is 1. The molecule has 1 heterocycles. The van der Waals surface area contributed by atoms with Gasteiger partial charge in [-0.25, -0.2) is 4.39 Å². The first-order valence-corrected chi connectivity index (χ1v) is 6.42. The minimum Gasteiger partial charge on any atom is -0.485 e. The molecule has 2 nitrogen and oxygen atoms in total. The smallest absolute Gasteiger partial charge is 0.126 e. The molecule has 98 valence electrons. The molecule has 1 aliphatic heterocycles. The average Bonchev–Trinajstić information content (AvgIpc) is 2.40. The van der Waals surface area contributed by atoms with Gasteiger partial charge in [-0.2, -0.15) is 0 Å². The Hall–Kier alpha value is -1.87. The SMILES string of the molecule is Cc1ccc(C2C[C@@H](N)c3cc(F)ccc3O2)cc1. The van der Waals surface area contributed by atoms with Crippen LogP contribution in [-0.2, 0) is 0 Å². The van der Waals surface area contributed by atoms with Crippen LogP contribution in [0.3, 0.4) is 0 Å². The van der Waals surface area contributed by atoms with Crippen molar-refractivity contribution in [2.75, 3.05) is 0 Å². The topological polar surface area (TPSA) is 35.2 Å². The molecule has 2 atom stereocenters. The van der Waals surface area contributed by atoms with E-state index in [2.05, 4.69) is 31.2 Å². The molecule has 0 amide bonds. The maximum atomic E-state index is 13.2. The first-order valence-electron chi connectivity index (χ1n) is 6.42. The van der Waals surface area contributed by atoms with Gasteiger partial charge in [-0.3, -0.25) is 0 Å². The van der Waals surface area contributed by atoms with Gasteiger partial charge in [0.1, 0.15) is 17.7 Å². The van der Waals surface area contributed by atoms with Crippen LogP contribution >= 0.6 is 0 Å². The summed E-state index contributed by atoms with van der Waals surface area (Å²) in [5, 5.41) is 0. The second-order valence-electron chi connectivity index (χ2n) is 5.04. The largest absolute Gasteiger partial charge is 0.485 e. The highest BCUT2D eigenvalue weighted by molar-refractivity contribution is 5.39. The van der Waals surface area contributed by atoms with Crippen LogP contribution in [0, 0.1) is 12.7 Å². The summed E-state index contributed by atoms with van der Waals surface area (Å²) in [5.41, 5.74) is 9.20. The van der Waals surface area contributed by atoms with E-state index in [1.165, 1.54) is 17.7 Å². The molecular weight excluding hydrogens is 241 g/mol. The molecule has 19 heavy (non-hydrogen) atoms. The lowest BCUT2D eigenvalue weighted by atomic mass is 9.93. The highest BCUT2D eigenvalue weighted by Gasteiger charge is 2.27. The molecule has 0 fully saturated rings. The number of hydrogen-bond acceptors (Lipinski definition) is 2. The van der Waals surface area contributed by atoms with Gasteiger partial charge >= 0.3 is 0 Å². The van der Waals surface area contributed by atoms with Gasteiger partial charge in [0.25, 0.3) is 0 Å². The van der Waals surface area contributed by atoms with E-state index in [-0.39, 0.29) is 18.0 Å². The fourth-order valence-electron chi connectivity index (χ4n) is 2.46. The highest BCUT2D eigenvalue weighted by atomic mass is 19.1. The van der Waals surface area contributed by atoms with Gasteiger partial charge in [0.05, 0.1) is 0 Å². The van der Waals surface area contributed by atoms with E-state index < -0.39 is 0 Å². The van der Waals surface area contributed by atoms with Gasteiger partial charge in [-0.1, -0.05) is 29.8 Å². The summed E-state index contributed by atoms with van der Waals surface area (Å²) < 4.78 is 19.2. The monoisotopic (exact) mass is 257 g/mol. The number of hydrogen-bond donors (Lipinski definition) is 1. The van der Waals surface area contributed by atoms with E-state index in [0.29, 0.717) is 12.2 Å². The number of ether oxygens (including phenoxy) is 1. The first kappa shape index (κ1) is 12.2. The van der Waals surface area contributed by atoms with Crippen LogP contribution in [0.25, 0.3) is 0 Å². The molecule has 0 aliphatic carbocycles. The van der Waals surface area contributed by atoms with Crippen LogP contribution in [0.2, 0.25) is 0 Å². The molecule has 0 aromatic heterocycles. The molecule has 0 radical (unpaired) electrons.